The molecule has 2 rings (SSSR count). The summed E-state index contributed by atoms with van der Waals surface area (Å²) in [7, 11) is 0. The predicted molar refractivity (Wildman–Crippen MR) is 85.5 cm³/mol. The lowest BCUT2D eigenvalue weighted by Crippen LogP contribution is -2.36. The number of hydrogen-bond acceptors (Lipinski definition) is 4. The van der Waals surface area contributed by atoms with Crippen LogP contribution in [0, 0.1) is 23.4 Å². The predicted octanol–water partition coefficient (Wildman–Crippen LogP) is 2.28. The zero-order valence-electron chi connectivity index (χ0n) is 13.9. The SMILES string of the molecule is O=C(COC(=O)C1CCCCC1)NCC(=O)Nc1ccc(F)c(F)c1F. The second kappa shape index (κ2) is 9.21. The number of anilines is 1. The lowest BCUT2D eigenvalue weighted by molar-refractivity contribution is -0.153. The van der Waals surface area contributed by atoms with Gasteiger partial charge in [-0.05, 0) is 25.0 Å². The molecule has 1 aromatic rings. The Bertz CT molecular complexity index is 691. The Labute approximate surface area is 148 Å². The Hall–Kier alpha value is -2.58. The van der Waals surface area contributed by atoms with Gasteiger partial charge < -0.3 is 15.4 Å². The first-order valence-electron chi connectivity index (χ1n) is 8.25. The maximum absolute atomic E-state index is 13.4. The van der Waals surface area contributed by atoms with Crippen LogP contribution in [-0.4, -0.2) is 30.9 Å². The largest absolute Gasteiger partial charge is 0.455 e. The number of nitrogens with one attached hydrogen (secondary N) is 2. The third-order valence-corrected chi connectivity index (χ3v) is 4.04. The van der Waals surface area contributed by atoms with E-state index in [2.05, 4.69) is 5.32 Å². The average molecular weight is 372 g/mol. The maximum Gasteiger partial charge on any atom is 0.309 e. The van der Waals surface area contributed by atoms with Crippen LogP contribution in [0.5, 0.6) is 0 Å². The highest BCUT2D eigenvalue weighted by atomic mass is 19.2. The van der Waals surface area contributed by atoms with E-state index < -0.39 is 54.1 Å². The van der Waals surface area contributed by atoms with Gasteiger partial charge in [0.15, 0.2) is 24.1 Å². The van der Waals surface area contributed by atoms with Crippen molar-refractivity contribution < 1.29 is 32.3 Å². The highest BCUT2D eigenvalue weighted by molar-refractivity contribution is 5.95. The van der Waals surface area contributed by atoms with E-state index in [9.17, 15) is 27.6 Å². The molecule has 0 spiro atoms. The van der Waals surface area contributed by atoms with Crippen molar-refractivity contribution in [2.24, 2.45) is 5.92 Å². The number of halogens is 3. The quantitative estimate of drug-likeness (QED) is 0.593. The Kier molecular flexibility index (Phi) is 6.99. The van der Waals surface area contributed by atoms with Crippen LogP contribution in [0.1, 0.15) is 32.1 Å². The average Bonchev–Trinajstić information content (AvgIpc) is 2.65. The molecule has 1 saturated carbocycles. The summed E-state index contributed by atoms with van der Waals surface area (Å²) in [4.78, 5) is 35.0. The molecule has 0 radical (unpaired) electrons. The number of carbonyl (C=O) groups excluding carboxylic acids is 3. The molecule has 0 unspecified atom stereocenters. The molecular formula is C17H19F3N2O4. The Morgan fingerprint density at radius 2 is 1.69 bits per heavy atom. The van der Waals surface area contributed by atoms with Gasteiger partial charge in [0.25, 0.3) is 5.91 Å². The number of carbonyl (C=O) groups is 3. The van der Waals surface area contributed by atoms with Gasteiger partial charge in [-0.2, -0.15) is 0 Å². The van der Waals surface area contributed by atoms with Crippen LogP contribution in [0.25, 0.3) is 0 Å². The minimum Gasteiger partial charge on any atom is -0.455 e. The van der Waals surface area contributed by atoms with Crippen molar-refractivity contribution in [2.45, 2.75) is 32.1 Å². The van der Waals surface area contributed by atoms with Crippen LogP contribution >= 0.6 is 0 Å². The smallest absolute Gasteiger partial charge is 0.309 e. The molecular weight excluding hydrogens is 353 g/mol. The van der Waals surface area contributed by atoms with Crippen LogP contribution in [0.3, 0.4) is 0 Å². The molecule has 0 aliphatic heterocycles. The van der Waals surface area contributed by atoms with Crippen molar-refractivity contribution in [3.8, 4) is 0 Å². The fourth-order valence-electron chi connectivity index (χ4n) is 2.64. The summed E-state index contributed by atoms with van der Waals surface area (Å²) in [6.07, 6.45) is 4.46. The molecule has 1 fully saturated rings. The molecule has 9 heteroatoms. The van der Waals surface area contributed by atoms with Crippen molar-refractivity contribution in [1.82, 2.24) is 5.32 Å². The molecule has 2 N–H and O–H groups in total. The second-order valence-corrected chi connectivity index (χ2v) is 5.99. The zero-order valence-corrected chi connectivity index (χ0v) is 13.9. The number of benzene rings is 1. The number of esters is 1. The van der Waals surface area contributed by atoms with Crippen molar-refractivity contribution in [2.75, 3.05) is 18.5 Å². The van der Waals surface area contributed by atoms with Crippen molar-refractivity contribution in [3.63, 3.8) is 0 Å². The third kappa shape index (κ3) is 5.47. The number of hydrogen-bond donors (Lipinski definition) is 2. The van der Waals surface area contributed by atoms with Gasteiger partial charge in [-0.3, -0.25) is 14.4 Å². The number of ether oxygens (including phenoxy) is 1. The van der Waals surface area contributed by atoms with Gasteiger partial charge in [-0.15, -0.1) is 0 Å². The third-order valence-electron chi connectivity index (χ3n) is 4.04. The van der Waals surface area contributed by atoms with Crippen molar-refractivity contribution in [3.05, 3.63) is 29.6 Å². The van der Waals surface area contributed by atoms with E-state index in [4.69, 9.17) is 4.74 Å². The lowest BCUT2D eigenvalue weighted by atomic mass is 9.89. The summed E-state index contributed by atoms with van der Waals surface area (Å²) in [5, 5.41) is 4.20. The molecule has 0 aromatic heterocycles. The van der Waals surface area contributed by atoms with Gasteiger partial charge in [-0.25, -0.2) is 13.2 Å². The summed E-state index contributed by atoms with van der Waals surface area (Å²) in [6.45, 7) is -1.07. The summed E-state index contributed by atoms with van der Waals surface area (Å²) < 4.78 is 44.2. The van der Waals surface area contributed by atoms with Crippen LogP contribution in [-0.2, 0) is 19.1 Å². The van der Waals surface area contributed by atoms with Gasteiger partial charge in [-0.1, -0.05) is 19.3 Å². The van der Waals surface area contributed by atoms with Crippen molar-refractivity contribution in [1.29, 1.82) is 0 Å². The van der Waals surface area contributed by atoms with E-state index in [1.54, 1.807) is 0 Å². The minimum atomic E-state index is -1.71. The zero-order chi connectivity index (χ0) is 19.1. The fraction of sp³-hybridized carbons (Fsp3) is 0.471. The van der Waals surface area contributed by atoms with E-state index in [-0.39, 0.29) is 5.92 Å². The molecule has 1 aromatic carbocycles. The van der Waals surface area contributed by atoms with E-state index >= 15 is 0 Å². The molecule has 2 amide bonds. The van der Waals surface area contributed by atoms with Crippen LogP contribution in [0.4, 0.5) is 18.9 Å². The van der Waals surface area contributed by atoms with E-state index in [1.807, 2.05) is 5.32 Å². The first-order chi connectivity index (χ1) is 12.4. The summed E-state index contributed by atoms with van der Waals surface area (Å²) in [5.74, 6) is -6.80. The van der Waals surface area contributed by atoms with Gasteiger partial charge >= 0.3 is 5.97 Å². The van der Waals surface area contributed by atoms with E-state index in [0.717, 1.165) is 38.2 Å². The molecule has 0 atom stereocenters. The molecule has 0 bridgehead atoms. The molecule has 0 heterocycles. The topological polar surface area (TPSA) is 84.5 Å². The Morgan fingerprint density at radius 3 is 2.38 bits per heavy atom. The first-order valence-corrected chi connectivity index (χ1v) is 8.25. The highest BCUT2D eigenvalue weighted by Crippen LogP contribution is 2.24. The normalized spacial score (nSPS) is 14.6. The Morgan fingerprint density at radius 1 is 1.00 bits per heavy atom. The van der Waals surface area contributed by atoms with Crippen LogP contribution in [0.2, 0.25) is 0 Å². The summed E-state index contributed by atoms with van der Waals surface area (Å²) >= 11 is 0. The highest BCUT2D eigenvalue weighted by Gasteiger charge is 2.23. The molecule has 1 aliphatic carbocycles. The molecule has 0 saturated heterocycles. The number of amides is 2. The van der Waals surface area contributed by atoms with Gasteiger partial charge in [0, 0.05) is 0 Å². The van der Waals surface area contributed by atoms with Gasteiger partial charge in [0.2, 0.25) is 5.91 Å². The second-order valence-electron chi connectivity index (χ2n) is 5.99. The van der Waals surface area contributed by atoms with E-state index in [0.29, 0.717) is 6.07 Å². The molecule has 1 aliphatic rings. The van der Waals surface area contributed by atoms with Crippen LogP contribution < -0.4 is 10.6 Å². The Balaban J connectivity index is 1.72. The molecule has 26 heavy (non-hydrogen) atoms. The first kappa shape index (κ1) is 19.7. The summed E-state index contributed by atoms with van der Waals surface area (Å²) in [6, 6.07) is 1.52. The number of rotatable bonds is 6. The van der Waals surface area contributed by atoms with Crippen LogP contribution in [0.15, 0.2) is 12.1 Å². The van der Waals surface area contributed by atoms with Crippen molar-refractivity contribution >= 4 is 23.5 Å². The van der Waals surface area contributed by atoms with Gasteiger partial charge in [0.05, 0.1) is 18.2 Å². The minimum absolute atomic E-state index is 0.198. The van der Waals surface area contributed by atoms with E-state index in [1.165, 1.54) is 0 Å². The van der Waals surface area contributed by atoms with Gasteiger partial charge in [0.1, 0.15) is 0 Å². The molecule has 142 valence electrons. The monoisotopic (exact) mass is 372 g/mol. The lowest BCUT2D eigenvalue weighted by Gasteiger charge is -2.19. The maximum atomic E-state index is 13.4. The standard InChI is InChI=1S/C17H19F3N2O4/c18-11-6-7-12(16(20)15(11)19)22-13(23)8-21-14(24)9-26-17(25)10-4-2-1-3-5-10/h6-7,10H,1-5,8-9H2,(H,21,24)(H,22,23). The molecule has 6 nitrogen and oxygen atoms in total. The summed E-state index contributed by atoms with van der Waals surface area (Å²) in [5.41, 5.74) is -0.549. The fourth-order valence-corrected chi connectivity index (χ4v) is 2.64.